The zero-order valence-electron chi connectivity index (χ0n) is 21.2. The van der Waals surface area contributed by atoms with Gasteiger partial charge in [0.05, 0.1) is 41.7 Å². The van der Waals surface area contributed by atoms with Gasteiger partial charge in [-0.15, -0.1) is 0 Å². The number of amides is 2. The minimum absolute atomic E-state index is 0.0907. The predicted octanol–water partition coefficient (Wildman–Crippen LogP) is 2.72. The number of halogens is 2. The molecule has 2 aromatic carbocycles. The van der Waals surface area contributed by atoms with Crippen molar-refractivity contribution in [3.05, 3.63) is 85.4 Å². The SMILES string of the molecule is COc1cc([C@H]2C3=CCn4c(=O)n(C)c(=O)n4[C@@H]3C[C@H]3C(=O)N(c4ccc(F)c(Cl)c4)C(=O)[C@@]23C)ccc1O. The summed E-state index contributed by atoms with van der Waals surface area (Å²) in [5.74, 6) is -3.23. The van der Waals surface area contributed by atoms with Crippen LogP contribution in [-0.2, 0) is 23.2 Å². The lowest BCUT2D eigenvalue weighted by Crippen LogP contribution is -2.49. The van der Waals surface area contributed by atoms with Crippen molar-refractivity contribution in [3.8, 4) is 11.5 Å². The molecule has 1 saturated carbocycles. The van der Waals surface area contributed by atoms with Gasteiger partial charge in [0.2, 0.25) is 11.8 Å². The maximum Gasteiger partial charge on any atom is 0.347 e. The number of imide groups is 1. The summed E-state index contributed by atoms with van der Waals surface area (Å²) in [5.41, 5.74) is -0.895. The van der Waals surface area contributed by atoms with Gasteiger partial charge in [-0.05, 0) is 54.8 Å². The van der Waals surface area contributed by atoms with E-state index in [4.69, 9.17) is 16.3 Å². The number of ether oxygens (including phenoxy) is 1. The number of aromatic nitrogens is 3. The standard InChI is InChI=1S/C27H24ClFN4O6/c1-27-16(23(35)32(24(27)36)14-5-6-18(29)17(28)11-14)12-19-15(8-9-31-25(37)30(2)26(38)33(19)31)22(27)13-4-7-20(34)21(10-13)39-3/h4-8,10-11,16,19,22,34H,9,12H2,1-3H3/t16-,19+,22-,27+/m0/s1. The molecule has 0 unspecified atom stereocenters. The van der Waals surface area contributed by atoms with Crippen molar-refractivity contribution in [2.24, 2.45) is 18.4 Å². The second kappa shape index (κ2) is 8.44. The van der Waals surface area contributed by atoms with Gasteiger partial charge in [0.1, 0.15) is 5.82 Å². The molecule has 1 aromatic heterocycles. The van der Waals surface area contributed by atoms with Crippen molar-refractivity contribution in [1.82, 2.24) is 13.9 Å². The monoisotopic (exact) mass is 554 g/mol. The number of carbonyl (C=O) groups is 2. The number of allylic oxidation sites excluding steroid dienone is 2. The van der Waals surface area contributed by atoms with Crippen LogP contribution in [0.4, 0.5) is 10.1 Å². The van der Waals surface area contributed by atoms with Gasteiger partial charge >= 0.3 is 11.4 Å². The summed E-state index contributed by atoms with van der Waals surface area (Å²) >= 11 is 5.99. The van der Waals surface area contributed by atoms with Crippen LogP contribution in [0.2, 0.25) is 5.02 Å². The Hall–Kier alpha value is -4.12. The first kappa shape index (κ1) is 25.2. The number of carbonyl (C=O) groups excluding carboxylic acids is 2. The molecular weight excluding hydrogens is 531 g/mol. The van der Waals surface area contributed by atoms with Gasteiger partial charge in [-0.2, -0.15) is 0 Å². The number of nitrogens with zero attached hydrogens (tertiary/aromatic N) is 4. The molecule has 10 nitrogen and oxygen atoms in total. The largest absolute Gasteiger partial charge is 0.504 e. The van der Waals surface area contributed by atoms with Crippen molar-refractivity contribution in [2.45, 2.75) is 31.8 Å². The van der Waals surface area contributed by atoms with Crippen molar-refractivity contribution in [3.63, 3.8) is 0 Å². The predicted molar refractivity (Wildman–Crippen MR) is 139 cm³/mol. The Bertz CT molecular complexity index is 1740. The molecule has 4 atom stereocenters. The summed E-state index contributed by atoms with van der Waals surface area (Å²) in [7, 11) is 2.79. The number of hydrogen-bond donors (Lipinski definition) is 1. The Morgan fingerprint density at radius 1 is 1.10 bits per heavy atom. The van der Waals surface area contributed by atoms with Crippen LogP contribution in [0.5, 0.6) is 11.5 Å². The minimum Gasteiger partial charge on any atom is -0.504 e. The molecule has 3 aromatic rings. The van der Waals surface area contributed by atoms with E-state index in [-0.39, 0.29) is 35.2 Å². The van der Waals surface area contributed by atoms with Gasteiger partial charge in [-0.25, -0.2) is 32.8 Å². The van der Waals surface area contributed by atoms with Gasteiger partial charge < -0.3 is 9.84 Å². The van der Waals surface area contributed by atoms with Gasteiger partial charge in [-0.3, -0.25) is 9.59 Å². The van der Waals surface area contributed by atoms with Crippen molar-refractivity contribution in [1.29, 1.82) is 0 Å². The lowest BCUT2D eigenvalue weighted by molar-refractivity contribution is -0.129. The molecule has 202 valence electrons. The summed E-state index contributed by atoms with van der Waals surface area (Å²) in [6.07, 6.45) is 1.92. The molecular formula is C27H24ClFN4O6. The fourth-order valence-corrected chi connectivity index (χ4v) is 6.68. The lowest BCUT2D eigenvalue weighted by Gasteiger charge is -2.47. The van der Waals surface area contributed by atoms with E-state index in [0.29, 0.717) is 11.1 Å². The Labute approximate surface area is 226 Å². The number of phenols is 1. The summed E-state index contributed by atoms with van der Waals surface area (Å²) in [6, 6.07) is 7.67. The van der Waals surface area contributed by atoms with Crippen molar-refractivity contribution >= 4 is 29.1 Å². The smallest absolute Gasteiger partial charge is 0.347 e. The Kier molecular flexibility index (Phi) is 5.45. The van der Waals surface area contributed by atoms with E-state index in [2.05, 4.69) is 0 Å². The fraction of sp³-hybridized carbons (Fsp3) is 0.333. The topological polar surface area (TPSA) is 116 Å². The number of hydrogen-bond acceptors (Lipinski definition) is 6. The number of methoxy groups -OCH3 is 1. The number of anilines is 1. The Morgan fingerprint density at radius 3 is 2.54 bits per heavy atom. The van der Waals surface area contributed by atoms with Crippen molar-refractivity contribution < 1.29 is 23.8 Å². The van der Waals surface area contributed by atoms with E-state index in [1.165, 1.54) is 41.7 Å². The number of rotatable bonds is 3. The number of benzene rings is 2. The summed E-state index contributed by atoms with van der Waals surface area (Å²) in [4.78, 5) is 55.2. The molecule has 6 rings (SSSR count). The highest BCUT2D eigenvalue weighted by molar-refractivity contribution is 6.31. The molecule has 1 saturated heterocycles. The average Bonchev–Trinajstić information content (AvgIpc) is 3.25. The van der Waals surface area contributed by atoms with Crippen LogP contribution in [0.25, 0.3) is 0 Å². The number of phenolic OH excluding ortho intramolecular Hbond substituents is 1. The highest BCUT2D eigenvalue weighted by Gasteiger charge is 2.65. The first-order valence-electron chi connectivity index (χ1n) is 12.3. The highest BCUT2D eigenvalue weighted by atomic mass is 35.5. The first-order chi connectivity index (χ1) is 18.5. The minimum atomic E-state index is -1.32. The van der Waals surface area contributed by atoms with Gasteiger partial charge in [-0.1, -0.05) is 23.7 Å². The molecule has 2 aliphatic heterocycles. The van der Waals surface area contributed by atoms with Gasteiger partial charge in [0.15, 0.2) is 11.5 Å². The third kappa shape index (κ3) is 3.25. The molecule has 2 amide bonds. The fourth-order valence-electron chi connectivity index (χ4n) is 6.51. The van der Waals surface area contributed by atoms with Crippen LogP contribution in [0.1, 0.15) is 30.9 Å². The normalized spacial score (nSPS) is 25.7. The third-order valence-electron chi connectivity index (χ3n) is 8.43. The lowest BCUT2D eigenvalue weighted by atomic mass is 9.56. The van der Waals surface area contributed by atoms with Crippen LogP contribution in [-0.4, -0.2) is 38.0 Å². The molecule has 3 aliphatic rings. The average molecular weight is 555 g/mol. The Balaban J connectivity index is 1.59. The molecule has 0 spiro atoms. The third-order valence-corrected chi connectivity index (χ3v) is 8.72. The second-order valence-corrected chi connectivity index (χ2v) is 10.7. The second-order valence-electron chi connectivity index (χ2n) is 10.3. The van der Waals surface area contributed by atoms with Crippen LogP contribution in [0, 0.1) is 17.2 Å². The van der Waals surface area contributed by atoms with Crippen LogP contribution in [0.3, 0.4) is 0 Å². The van der Waals surface area contributed by atoms with Crippen molar-refractivity contribution in [2.75, 3.05) is 12.0 Å². The van der Waals surface area contributed by atoms with Crippen LogP contribution >= 0.6 is 11.6 Å². The van der Waals surface area contributed by atoms with Crippen LogP contribution in [0.15, 0.2) is 57.6 Å². The van der Waals surface area contributed by atoms with Crippen LogP contribution < -0.4 is 21.0 Å². The molecule has 0 bridgehead atoms. The van der Waals surface area contributed by atoms with Gasteiger partial charge in [0, 0.05) is 13.0 Å². The molecule has 12 heteroatoms. The van der Waals surface area contributed by atoms with E-state index in [1.54, 1.807) is 19.1 Å². The molecule has 39 heavy (non-hydrogen) atoms. The molecule has 2 fully saturated rings. The van der Waals surface area contributed by atoms with E-state index >= 15 is 0 Å². The van der Waals surface area contributed by atoms with E-state index < -0.39 is 52.3 Å². The first-order valence-corrected chi connectivity index (χ1v) is 12.7. The molecule has 1 aliphatic carbocycles. The molecule has 0 radical (unpaired) electrons. The zero-order valence-corrected chi connectivity index (χ0v) is 22.0. The number of fused-ring (bicyclic) bond motifs is 4. The maximum atomic E-state index is 14.3. The Morgan fingerprint density at radius 2 is 1.85 bits per heavy atom. The van der Waals surface area contributed by atoms with E-state index in [9.17, 15) is 28.7 Å². The molecule has 1 N–H and O–H groups in total. The number of aromatic hydroxyl groups is 1. The zero-order chi connectivity index (χ0) is 28.0. The quantitative estimate of drug-likeness (QED) is 0.393. The molecule has 3 heterocycles. The summed E-state index contributed by atoms with van der Waals surface area (Å²) in [6.45, 7) is 1.81. The van der Waals surface area contributed by atoms with E-state index in [1.807, 2.05) is 6.08 Å². The summed E-state index contributed by atoms with van der Waals surface area (Å²) < 4.78 is 23.0. The van der Waals surface area contributed by atoms with E-state index in [0.717, 1.165) is 15.5 Å². The highest BCUT2D eigenvalue weighted by Crippen LogP contribution is 2.61. The summed E-state index contributed by atoms with van der Waals surface area (Å²) in [5, 5.41) is 10.0. The van der Waals surface area contributed by atoms with Gasteiger partial charge in [0.25, 0.3) is 0 Å². The maximum absolute atomic E-state index is 14.3.